The zero-order valence-corrected chi connectivity index (χ0v) is 17.9. The summed E-state index contributed by atoms with van der Waals surface area (Å²) in [5.74, 6) is 2.58. The molecule has 3 aliphatic heterocycles. The maximum atomic E-state index is 13.0. The van der Waals surface area contributed by atoms with E-state index in [1.165, 1.54) is 19.3 Å². The highest BCUT2D eigenvalue weighted by molar-refractivity contribution is 5.75. The molecule has 31 heavy (non-hydrogen) atoms. The van der Waals surface area contributed by atoms with Gasteiger partial charge in [0.1, 0.15) is 19.0 Å². The van der Waals surface area contributed by atoms with Crippen LogP contribution in [-0.2, 0) is 6.54 Å². The van der Waals surface area contributed by atoms with Gasteiger partial charge in [0.05, 0.1) is 6.04 Å². The Bertz CT molecular complexity index is 929. The number of rotatable bonds is 4. The van der Waals surface area contributed by atoms with Crippen LogP contribution >= 0.6 is 0 Å². The van der Waals surface area contributed by atoms with Crippen molar-refractivity contribution in [3.8, 4) is 11.5 Å². The number of nitrogens with one attached hydrogen (secondary N) is 1. The van der Waals surface area contributed by atoms with E-state index >= 15 is 0 Å². The number of ether oxygens (including phenoxy) is 2. The largest absolute Gasteiger partial charge is 0.486 e. The molecule has 0 saturated carbocycles. The van der Waals surface area contributed by atoms with Crippen LogP contribution in [0.15, 0.2) is 36.5 Å². The fourth-order valence-electron chi connectivity index (χ4n) is 4.77. The van der Waals surface area contributed by atoms with E-state index in [0.29, 0.717) is 19.8 Å². The minimum atomic E-state index is -0.0197. The lowest BCUT2D eigenvalue weighted by molar-refractivity contribution is 0.170. The van der Waals surface area contributed by atoms with E-state index in [1.54, 1.807) is 0 Å². The summed E-state index contributed by atoms with van der Waals surface area (Å²) in [7, 11) is 0. The van der Waals surface area contributed by atoms with Gasteiger partial charge in [-0.25, -0.2) is 9.78 Å². The van der Waals surface area contributed by atoms with Crippen LogP contribution in [0.2, 0.25) is 0 Å². The smallest absolute Gasteiger partial charge is 0.318 e. The molecular weight excluding hydrogens is 392 g/mol. The fourth-order valence-corrected chi connectivity index (χ4v) is 4.77. The minimum Gasteiger partial charge on any atom is -0.486 e. The van der Waals surface area contributed by atoms with E-state index in [4.69, 9.17) is 9.47 Å². The number of carbonyl (C=O) groups excluding carboxylic acids is 1. The normalized spacial score (nSPS) is 20.6. The number of nitrogens with zero attached hydrogens (tertiary/aromatic N) is 3. The van der Waals surface area contributed by atoms with Crippen LogP contribution in [0.25, 0.3) is 0 Å². The third-order valence-corrected chi connectivity index (χ3v) is 6.40. The Labute approximate surface area is 183 Å². The van der Waals surface area contributed by atoms with Crippen LogP contribution < -0.4 is 19.7 Å². The second kappa shape index (κ2) is 9.04. The zero-order chi connectivity index (χ0) is 21.0. The van der Waals surface area contributed by atoms with Crippen LogP contribution in [0.5, 0.6) is 11.5 Å². The molecule has 0 aliphatic carbocycles. The average molecular weight is 423 g/mol. The number of benzene rings is 1. The second-order valence-electron chi connectivity index (χ2n) is 8.48. The van der Waals surface area contributed by atoms with Crippen molar-refractivity contribution in [2.45, 2.75) is 44.7 Å². The fraction of sp³-hybridized carbons (Fsp3) is 0.500. The van der Waals surface area contributed by atoms with Crippen molar-refractivity contribution in [3.63, 3.8) is 0 Å². The average Bonchev–Trinajstić information content (AvgIpc) is 3.33. The highest BCUT2D eigenvalue weighted by Gasteiger charge is 2.30. The molecule has 5 rings (SSSR count). The molecule has 2 amide bonds. The van der Waals surface area contributed by atoms with E-state index in [-0.39, 0.29) is 12.1 Å². The first kappa shape index (κ1) is 20.0. The third kappa shape index (κ3) is 4.40. The van der Waals surface area contributed by atoms with Crippen molar-refractivity contribution >= 4 is 11.8 Å². The summed E-state index contributed by atoms with van der Waals surface area (Å²) in [6.45, 7) is 4.55. The van der Waals surface area contributed by atoms with E-state index in [0.717, 1.165) is 60.9 Å². The number of hydrogen-bond acceptors (Lipinski definition) is 5. The van der Waals surface area contributed by atoms with Crippen LogP contribution in [0.1, 0.15) is 49.3 Å². The van der Waals surface area contributed by atoms with Crippen molar-refractivity contribution in [3.05, 3.63) is 47.7 Å². The first-order valence-electron chi connectivity index (χ1n) is 11.4. The number of urea groups is 1. The van der Waals surface area contributed by atoms with Gasteiger partial charge in [0.25, 0.3) is 0 Å². The van der Waals surface area contributed by atoms with Crippen LogP contribution in [0.3, 0.4) is 0 Å². The van der Waals surface area contributed by atoms with Crippen LogP contribution in [-0.4, -0.2) is 48.8 Å². The number of anilines is 1. The highest BCUT2D eigenvalue weighted by atomic mass is 16.6. The molecule has 1 atom stereocenters. The molecule has 0 radical (unpaired) electrons. The molecule has 1 unspecified atom stereocenters. The van der Waals surface area contributed by atoms with Gasteiger partial charge in [0, 0.05) is 32.4 Å². The Hall–Kier alpha value is -2.96. The highest BCUT2D eigenvalue weighted by Crippen LogP contribution is 2.38. The van der Waals surface area contributed by atoms with Gasteiger partial charge in [-0.2, -0.15) is 0 Å². The molecular formula is C24H30N4O3. The van der Waals surface area contributed by atoms with Gasteiger partial charge in [0.2, 0.25) is 0 Å². The number of aromatic nitrogens is 1. The SMILES string of the molecule is O=C(NCc1ccnc(N2CCCCC2)c1)N1CCCC1c1ccc2c(c1)OCCO2. The molecule has 1 N–H and O–H groups in total. The molecule has 0 bridgehead atoms. The Morgan fingerprint density at radius 2 is 1.84 bits per heavy atom. The van der Waals surface area contributed by atoms with Crippen LogP contribution in [0.4, 0.5) is 10.6 Å². The zero-order valence-electron chi connectivity index (χ0n) is 17.9. The van der Waals surface area contributed by atoms with Crippen molar-refractivity contribution in [1.29, 1.82) is 0 Å². The molecule has 164 valence electrons. The molecule has 7 heteroatoms. The van der Waals surface area contributed by atoms with E-state index in [2.05, 4.69) is 27.3 Å². The summed E-state index contributed by atoms with van der Waals surface area (Å²) in [6, 6.07) is 10.2. The van der Waals surface area contributed by atoms with Crippen molar-refractivity contribution < 1.29 is 14.3 Å². The molecule has 2 aromatic rings. The summed E-state index contributed by atoms with van der Waals surface area (Å²) >= 11 is 0. The van der Waals surface area contributed by atoms with Gasteiger partial charge in [0.15, 0.2) is 11.5 Å². The topological polar surface area (TPSA) is 66.9 Å². The number of amides is 2. The first-order chi connectivity index (χ1) is 15.3. The summed E-state index contributed by atoms with van der Waals surface area (Å²) in [6.07, 6.45) is 7.55. The first-order valence-corrected chi connectivity index (χ1v) is 11.4. The second-order valence-corrected chi connectivity index (χ2v) is 8.48. The Morgan fingerprint density at radius 1 is 1.00 bits per heavy atom. The molecule has 0 spiro atoms. The molecule has 4 heterocycles. The molecule has 1 aromatic heterocycles. The Balaban J connectivity index is 1.23. The number of hydrogen-bond donors (Lipinski definition) is 1. The third-order valence-electron chi connectivity index (χ3n) is 6.40. The lowest BCUT2D eigenvalue weighted by Crippen LogP contribution is -2.39. The number of pyridine rings is 1. The van der Waals surface area contributed by atoms with Gasteiger partial charge < -0.3 is 24.6 Å². The van der Waals surface area contributed by atoms with Crippen molar-refractivity contribution in [2.75, 3.05) is 37.7 Å². The van der Waals surface area contributed by atoms with E-state index in [9.17, 15) is 4.79 Å². The number of piperidine rings is 1. The maximum absolute atomic E-state index is 13.0. The summed E-state index contributed by atoms with van der Waals surface area (Å²) < 4.78 is 11.4. The standard InChI is InChI=1S/C24H30N4O3/c29-24(26-17-18-8-9-25-23(15-18)27-10-2-1-3-11-27)28-12-4-5-20(28)19-6-7-21-22(16-19)31-14-13-30-21/h6-9,15-16,20H,1-5,10-14,17H2,(H,26,29). The van der Waals surface area contributed by atoms with E-state index in [1.807, 2.05) is 29.3 Å². The quantitative estimate of drug-likeness (QED) is 0.810. The maximum Gasteiger partial charge on any atom is 0.318 e. The van der Waals surface area contributed by atoms with Gasteiger partial charge in [-0.15, -0.1) is 0 Å². The van der Waals surface area contributed by atoms with Gasteiger partial charge >= 0.3 is 6.03 Å². The Kier molecular flexibility index (Phi) is 5.82. The molecule has 2 fully saturated rings. The van der Waals surface area contributed by atoms with E-state index < -0.39 is 0 Å². The summed E-state index contributed by atoms with van der Waals surface area (Å²) in [4.78, 5) is 21.8. The predicted molar refractivity (Wildman–Crippen MR) is 119 cm³/mol. The lowest BCUT2D eigenvalue weighted by Gasteiger charge is -2.28. The number of carbonyl (C=O) groups is 1. The monoisotopic (exact) mass is 422 g/mol. The number of fused-ring (bicyclic) bond motifs is 1. The van der Waals surface area contributed by atoms with Gasteiger partial charge in [-0.3, -0.25) is 0 Å². The molecule has 1 aromatic carbocycles. The van der Waals surface area contributed by atoms with Crippen molar-refractivity contribution in [2.24, 2.45) is 0 Å². The molecule has 3 aliphatic rings. The van der Waals surface area contributed by atoms with Crippen molar-refractivity contribution in [1.82, 2.24) is 15.2 Å². The van der Waals surface area contributed by atoms with Gasteiger partial charge in [-0.1, -0.05) is 6.07 Å². The minimum absolute atomic E-state index is 0.0197. The Morgan fingerprint density at radius 3 is 2.71 bits per heavy atom. The van der Waals surface area contributed by atoms with Gasteiger partial charge in [-0.05, 0) is 67.5 Å². The predicted octanol–water partition coefficient (Wildman–Crippen LogP) is 3.89. The molecule has 2 saturated heterocycles. The van der Waals surface area contributed by atoms with Crippen LogP contribution in [0, 0.1) is 0 Å². The lowest BCUT2D eigenvalue weighted by atomic mass is 10.0. The molecule has 7 nitrogen and oxygen atoms in total. The number of likely N-dealkylation sites (tertiary alicyclic amines) is 1. The summed E-state index contributed by atoms with van der Waals surface area (Å²) in [5, 5.41) is 3.12. The summed E-state index contributed by atoms with van der Waals surface area (Å²) in [5.41, 5.74) is 2.19.